The van der Waals surface area contributed by atoms with Crippen molar-refractivity contribution < 1.29 is 18.3 Å². The molecule has 138 valence electrons. The molecule has 0 amide bonds. The number of aromatic nitrogens is 5. The lowest BCUT2D eigenvalue weighted by atomic mass is 10.3. The molecule has 27 heavy (non-hydrogen) atoms. The van der Waals surface area contributed by atoms with Crippen molar-refractivity contribution >= 4 is 16.8 Å². The molecule has 0 saturated heterocycles. The number of benzene rings is 1. The number of alkyl halides is 2. The smallest absolute Gasteiger partial charge is 0.387 e. The second kappa shape index (κ2) is 6.63. The maximum atomic E-state index is 12.9. The Morgan fingerprint density at radius 2 is 1.89 bits per heavy atom. The van der Waals surface area contributed by atoms with Gasteiger partial charge in [-0.3, -0.25) is 9.36 Å². The number of pyridine rings is 1. The Morgan fingerprint density at radius 3 is 2.59 bits per heavy atom. The Morgan fingerprint density at radius 1 is 1.11 bits per heavy atom. The predicted molar refractivity (Wildman–Crippen MR) is 91.7 cm³/mol. The summed E-state index contributed by atoms with van der Waals surface area (Å²) >= 11 is 0. The second-order valence-corrected chi connectivity index (χ2v) is 5.43. The van der Waals surface area contributed by atoms with Gasteiger partial charge < -0.3 is 9.47 Å². The van der Waals surface area contributed by atoms with Gasteiger partial charge in [0.05, 0.1) is 12.3 Å². The van der Waals surface area contributed by atoms with E-state index in [-0.39, 0.29) is 11.4 Å². The molecule has 1 aromatic carbocycles. The van der Waals surface area contributed by atoms with Crippen LogP contribution >= 0.6 is 0 Å². The standard InChI is InChI=1S/C17H13F2N5O3/c1-2-26-13-8-7-12-14(22-13)23(16(25)15-20-9-21-24(12)15)10-3-5-11(6-4-10)27-17(18)19/h3-9,17H,2H2,1H3. The Hall–Kier alpha value is -3.56. The summed E-state index contributed by atoms with van der Waals surface area (Å²) in [6, 6.07) is 9.06. The number of nitrogens with zero attached hydrogens (tertiary/aromatic N) is 5. The van der Waals surface area contributed by atoms with Gasteiger partial charge in [0.2, 0.25) is 11.5 Å². The molecule has 0 aliphatic carbocycles. The molecule has 3 aromatic heterocycles. The molecule has 0 N–H and O–H groups in total. The molecule has 3 heterocycles. The van der Waals surface area contributed by atoms with Crippen molar-refractivity contribution in [2.75, 3.05) is 6.61 Å². The summed E-state index contributed by atoms with van der Waals surface area (Å²) in [5.41, 5.74) is 0.910. The van der Waals surface area contributed by atoms with E-state index >= 15 is 0 Å². The third-order valence-corrected chi connectivity index (χ3v) is 3.82. The molecule has 0 fully saturated rings. The first-order valence-corrected chi connectivity index (χ1v) is 8.02. The molecule has 0 aliphatic rings. The normalized spacial score (nSPS) is 11.4. The number of rotatable bonds is 5. The van der Waals surface area contributed by atoms with Crippen LogP contribution in [0.2, 0.25) is 0 Å². The van der Waals surface area contributed by atoms with Gasteiger partial charge in [-0.1, -0.05) is 0 Å². The number of halogens is 2. The molecule has 4 aromatic rings. The van der Waals surface area contributed by atoms with E-state index in [0.29, 0.717) is 29.3 Å². The highest BCUT2D eigenvalue weighted by Gasteiger charge is 2.16. The molecule has 0 radical (unpaired) electrons. The topological polar surface area (TPSA) is 83.5 Å². The van der Waals surface area contributed by atoms with Crippen molar-refractivity contribution in [2.24, 2.45) is 0 Å². The second-order valence-electron chi connectivity index (χ2n) is 5.43. The molecular weight excluding hydrogens is 360 g/mol. The number of hydrogen-bond acceptors (Lipinski definition) is 6. The quantitative estimate of drug-likeness (QED) is 0.534. The van der Waals surface area contributed by atoms with Gasteiger partial charge in [0.25, 0.3) is 0 Å². The third kappa shape index (κ3) is 2.94. The van der Waals surface area contributed by atoms with Gasteiger partial charge in [-0.25, -0.2) is 9.50 Å². The Kier molecular flexibility index (Phi) is 4.15. The summed E-state index contributed by atoms with van der Waals surface area (Å²) in [6.07, 6.45) is 1.27. The zero-order chi connectivity index (χ0) is 19.0. The van der Waals surface area contributed by atoms with E-state index in [1.54, 1.807) is 12.1 Å². The van der Waals surface area contributed by atoms with Crippen LogP contribution in [-0.2, 0) is 0 Å². The molecule has 8 nitrogen and oxygen atoms in total. The largest absolute Gasteiger partial charge is 0.478 e. The zero-order valence-corrected chi connectivity index (χ0v) is 14.0. The fraction of sp³-hybridized carbons (Fsp3) is 0.176. The summed E-state index contributed by atoms with van der Waals surface area (Å²) in [4.78, 5) is 21.4. The Labute approximate surface area is 150 Å². The summed E-state index contributed by atoms with van der Waals surface area (Å²) in [7, 11) is 0. The number of fused-ring (bicyclic) bond motifs is 3. The Balaban J connectivity index is 1.97. The van der Waals surface area contributed by atoms with Crippen molar-refractivity contribution in [3.8, 4) is 17.3 Å². The first-order chi connectivity index (χ1) is 13.1. The fourth-order valence-electron chi connectivity index (χ4n) is 2.76. The fourth-order valence-corrected chi connectivity index (χ4v) is 2.76. The van der Waals surface area contributed by atoms with E-state index in [1.165, 1.54) is 39.7 Å². The van der Waals surface area contributed by atoms with Gasteiger partial charge >= 0.3 is 12.2 Å². The minimum Gasteiger partial charge on any atom is -0.478 e. The number of ether oxygens (including phenoxy) is 2. The first kappa shape index (κ1) is 16.9. The van der Waals surface area contributed by atoms with Gasteiger partial charge in [-0.15, -0.1) is 0 Å². The van der Waals surface area contributed by atoms with E-state index in [4.69, 9.17) is 4.74 Å². The van der Waals surface area contributed by atoms with Gasteiger partial charge in [0.15, 0.2) is 5.65 Å². The minimum absolute atomic E-state index is 0.0161. The van der Waals surface area contributed by atoms with Crippen molar-refractivity contribution in [3.63, 3.8) is 0 Å². The molecular formula is C17H13F2N5O3. The molecule has 4 rings (SSSR count). The van der Waals surface area contributed by atoms with Crippen molar-refractivity contribution in [2.45, 2.75) is 13.5 Å². The van der Waals surface area contributed by atoms with Gasteiger partial charge in [-0.2, -0.15) is 18.9 Å². The molecule has 0 bridgehead atoms. The van der Waals surface area contributed by atoms with Crippen LogP contribution in [0.1, 0.15) is 6.92 Å². The summed E-state index contributed by atoms with van der Waals surface area (Å²) in [5, 5.41) is 4.07. The van der Waals surface area contributed by atoms with Gasteiger partial charge in [0.1, 0.15) is 17.6 Å². The van der Waals surface area contributed by atoms with Crippen LogP contribution in [0.3, 0.4) is 0 Å². The highest BCUT2D eigenvalue weighted by molar-refractivity contribution is 5.76. The van der Waals surface area contributed by atoms with E-state index in [1.807, 2.05) is 6.92 Å². The van der Waals surface area contributed by atoms with Crippen LogP contribution in [0.15, 0.2) is 47.5 Å². The molecule has 0 spiro atoms. The zero-order valence-electron chi connectivity index (χ0n) is 14.0. The molecule has 0 atom stereocenters. The third-order valence-electron chi connectivity index (χ3n) is 3.82. The lowest BCUT2D eigenvalue weighted by Crippen LogP contribution is -2.23. The highest BCUT2D eigenvalue weighted by atomic mass is 19.3. The average molecular weight is 373 g/mol. The summed E-state index contributed by atoms with van der Waals surface area (Å²) in [6.45, 7) is -0.697. The minimum atomic E-state index is -2.93. The molecule has 0 unspecified atom stereocenters. The maximum Gasteiger partial charge on any atom is 0.387 e. The maximum absolute atomic E-state index is 12.9. The lowest BCUT2D eigenvalue weighted by molar-refractivity contribution is -0.0498. The van der Waals surface area contributed by atoms with Crippen LogP contribution in [0.25, 0.3) is 22.5 Å². The van der Waals surface area contributed by atoms with E-state index in [2.05, 4.69) is 19.8 Å². The Bertz CT molecular complexity index is 1170. The monoisotopic (exact) mass is 373 g/mol. The molecule has 10 heteroatoms. The summed E-state index contributed by atoms with van der Waals surface area (Å²) < 4.78 is 37.2. The lowest BCUT2D eigenvalue weighted by Gasteiger charge is -2.12. The predicted octanol–water partition coefficient (Wildman–Crippen LogP) is 2.43. The van der Waals surface area contributed by atoms with Crippen molar-refractivity contribution in [3.05, 3.63) is 53.1 Å². The van der Waals surface area contributed by atoms with E-state index < -0.39 is 12.2 Å². The van der Waals surface area contributed by atoms with E-state index in [9.17, 15) is 13.6 Å². The van der Waals surface area contributed by atoms with Crippen molar-refractivity contribution in [1.82, 2.24) is 24.1 Å². The highest BCUT2D eigenvalue weighted by Crippen LogP contribution is 2.21. The average Bonchev–Trinajstić information content (AvgIpc) is 3.13. The van der Waals surface area contributed by atoms with Gasteiger partial charge in [-0.05, 0) is 37.3 Å². The van der Waals surface area contributed by atoms with Crippen LogP contribution < -0.4 is 15.0 Å². The van der Waals surface area contributed by atoms with Crippen molar-refractivity contribution in [1.29, 1.82) is 0 Å². The SMILES string of the molecule is CCOc1ccc2c(n1)n(-c1ccc(OC(F)F)cc1)c(=O)c1ncnn12. The van der Waals surface area contributed by atoms with Crippen LogP contribution in [0.4, 0.5) is 8.78 Å². The van der Waals surface area contributed by atoms with Crippen LogP contribution in [-0.4, -0.2) is 37.4 Å². The molecule has 0 aliphatic heterocycles. The molecule has 0 saturated carbocycles. The van der Waals surface area contributed by atoms with Gasteiger partial charge in [0, 0.05) is 6.07 Å². The first-order valence-electron chi connectivity index (χ1n) is 8.02. The van der Waals surface area contributed by atoms with E-state index in [0.717, 1.165) is 0 Å². The van der Waals surface area contributed by atoms with Crippen LogP contribution in [0.5, 0.6) is 11.6 Å². The van der Waals surface area contributed by atoms with Crippen LogP contribution in [0, 0.1) is 0 Å². The number of hydrogen-bond donors (Lipinski definition) is 0. The summed E-state index contributed by atoms with van der Waals surface area (Å²) in [5.74, 6) is 0.327.